The SMILES string of the molecule is CC(C)(CNC(=O)Cn1nc(-c2ccco2)oc1=O)N1CCOCC1. The summed E-state index contributed by atoms with van der Waals surface area (Å²) in [7, 11) is 0. The zero-order valence-electron chi connectivity index (χ0n) is 14.4. The number of carbonyl (C=O) groups is 1. The summed E-state index contributed by atoms with van der Waals surface area (Å²) in [6.07, 6.45) is 1.45. The molecule has 1 aliphatic rings. The Balaban J connectivity index is 1.57. The minimum absolute atomic E-state index is 0.0523. The van der Waals surface area contributed by atoms with Crippen molar-refractivity contribution < 1.29 is 18.4 Å². The van der Waals surface area contributed by atoms with E-state index >= 15 is 0 Å². The highest BCUT2D eigenvalue weighted by Gasteiger charge is 2.28. The van der Waals surface area contributed by atoms with Crippen LogP contribution < -0.4 is 11.1 Å². The van der Waals surface area contributed by atoms with E-state index in [0.29, 0.717) is 25.5 Å². The molecule has 25 heavy (non-hydrogen) atoms. The summed E-state index contributed by atoms with van der Waals surface area (Å²) in [5, 5.41) is 6.84. The number of nitrogens with one attached hydrogen (secondary N) is 1. The molecule has 9 nitrogen and oxygen atoms in total. The van der Waals surface area contributed by atoms with Gasteiger partial charge < -0.3 is 18.9 Å². The van der Waals surface area contributed by atoms with Crippen molar-refractivity contribution in [3.63, 3.8) is 0 Å². The Morgan fingerprint density at radius 3 is 2.80 bits per heavy atom. The van der Waals surface area contributed by atoms with Gasteiger partial charge in [-0.05, 0) is 26.0 Å². The highest BCUT2D eigenvalue weighted by Crippen LogP contribution is 2.16. The number of hydrogen-bond acceptors (Lipinski definition) is 7. The van der Waals surface area contributed by atoms with Crippen LogP contribution in [0.3, 0.4) is 0 Å². The maximum Gasteiger partial charge on any atom is 0.437 e. The lowest BCUT2D eigenvalue weighted by molar-refractivity contribution is -0.122. The van der Waals surface area contributed by atoms with Gasteiger partial charge >= 0.3 is 5.76 Å². The predicted molar refractivity (Wildman–Crippen MR) is 87.9 cm³/mol. The fourth-order valence-corrected chi connectivity index (χ4v) is 2.69. The minimum Gasteiger partial charge on any atom is -0.459 e. The topological polar surface area (TPSA) is 103 Å². The van der Waals surface area contributed by atoms with E-state index in [1.807, 2.05) is 0 Å². The van der Waals surface area contributed by atoms with E-state index in [-0.39, 0.29) is 23.9 Å². The number of rotatable bonds is 6. The van der Waals surface area contributed by atoms with Crippen molar-refractivity contribution in [1.82, 2.24) is 20.0 Å². The average molecular weight is 350 g/mol. The zero-order valence-corrected chi connectivity index (χ0v) is 14.4. The van der Waals surface area contributed by atoms with Crippen molar-refractivity contribution >= 4 is 5.91 Å². The van der Waals surface area contributed by atoms with Gasteiger partial charge in [0.15, 0.2) is 5.76 Å². The lowest BCUT2D eigenvalue weighted by Crippen LogP contribution is -2.55. The van der Waals surface area contributed by atoms with E-state index in [9.17, 15) is 9.59 Å². The number of ether oxygens (including phenoxy) is 1. The van der Waals surface area contributed by atoms with Gasteiger partial charge in [0.05, 0.1) is 19.5 Å². The van der Waals surface area contributed by atoms with Gasteiger partial charge in [-0.25, -0.2) is 4.79 Å². The number of aromatic nitrogens is 2. The van der Waals surface area contributed by atoms with Crippen LogP contribution in [0.5, 0.6) is 0 Å². The summed E-state index contributed by atoms with van der Waals surface area (Å²) in [5.41, 5.74) is -0.201. The van der Waals surface area contributed by atoms with Crippen LogP contribution in [0, 0.1) is 0 Å². The van der Waals surface area contributed by atoms with Crippen molar-refractivity contribution in [2.24, 2.45) is 0 Å². The van der Waals surface area contributed by atoms with Gasteiger partial charge in [0, 0.05) is 25.2 Å². The number of hydrogen-bond donors (Lipinski definition) is 1. The average Bonchev–Trinajstić information content (AvgIpc) is 3.24. The maximum absolute atomic E-state index is 12.2. The van der Waals surface area contributed by atoms with Crippen molar-refractivity contribution in [2.45, 2.75) is 25.9 Å². The Labute approximate surface area is 144 Å². The van der Waals surface area contributed by atoms with Gasteiger partial charge in [0.2, 0.25) is 5.91 Å². The molecule has 0 atom stereocenters. The fraction of sp³-hybridized carbons (Fsp3) is 0.562. The first kappa shape index (κ1) is 17.4. The third kappa shape index (κ3) is 4.18. The minimum atomic E-state index is -0.700. The summed E-state index contributed by atoms with van der Waals surface area (Å²) in [4.78, 5) is 26.3. The Morgan fingerprint density at radius 2 is 2.12 bits per heavy atom. The first-order valence-corrected chi connectivity index (χ1v) is 8.17. The second-order valence-corrected chi connectivity index (χ2v) is 6.50. The Kier molecular flexibility index (Phi) is 5.05. The molecule has 1 saturated heterocycles. The Morgan fingerprint density at radius 1 is 1.36 bits per heavy atom. The molecule has 3 heterocycles. The summed E-state index contributed by atoms with van der Waals surface area (Å²) >= 11 is 0. The molecule has 0 spiro atoms. The lowest BCUT2D eigenvalue weighted by Gasteiger charge is -2.40. The van der Waals surface area contributed by atoms with Gasteiger partial charge in [-0.15, -0.1) is 5.10 Å². The zero-order chi connectivity index (χ0) is 17.9. The van der Waals surface area contributed by atoms with Crippen LogP contribution in [0.15, 0.2) is 32.0 Å². The highest BCUT2D eigenvalue weighted by atomic mass is 16.5. The summed E-state index contributed by atoms with van der Waals surface area (Å²) in [6.45, 7) is 7.44. The quantitative estimate of drug-likeness (QED) is 0.800. The van der Waals surface area contributed by atoms with Crippen LogP contribution in [0.4, 0.5) is 0 Å². The van der Waals surface area contributed by atoms with Gasteiger partial charge in [0.1, 0.15) is 6.54 Å². The van der Waals surface area contributed by atoms with E-state index in [0.717, 1.165) is 17.8 Å². The predicted octanol–water partition coefficient (Wildman–Crippen LogP) is 0.323. The third-order valence-electron chi connectivity index (χ3n) is 4.22. The molecule has 1 amide bonds. The standard InChI is InChI=1S/C16H22N4O5/c1-16(2,19-5-8-23-9-6-19)11-17-13(21)10-20-15(22)25-14(18-20)12-4-3-7-24-12/h3-4,7H,5-6,8-11H2,1-2H3,(H,17,21). The van der Waals surface area contributed by atoms with Crippen molar-refractivity contribution in [3.8, 4) is 11.7 Å². The van der Waals surface area contributed by atoms with Crippen molar-refractivity contribution in [1.29, 1.82) is 0 Å². The van der Waals surface area contributed by atoms with Crippen LogP contribution >= 0.6 is 0 Å². The molecular weight excluding hydrogens is 328 g/mol. The Bertz CT molecular complexity index is 756. The molecule has 2 aromatic heterocycles. The molecule has 2 aromatic rings. The molecule has 0 saturated carbocycles. The van der Waals surface area contributed by atoms with Gasteiger partial charge in [-0.2, -0.15) is 4.68 Å². The molecule has 3 rings (SSSR count). The third-order valence-corrected chi connectivity index (χ3v) is 4.22. The van der Waals surface area contributed by atoms with Crippen LogP contribution in [-0.2, 0) is 16.1 Å². The number of furan rings is 1. The molecule has 0 aliphatic carbocycles. The molecule has 0 aromatic carbocycles. The highest BCUT2D eigenvalue weighted by molar-refractivity contribution is 5.75. The molecule has 1 aliphatic heterocycles. The smallest absolute Gasteiger partial charge is 0.437 e. The molecule has 1 N–H and O–H groups in total. The molecule has 0 unspecified atom stereocenters. The second-order valence-electron chi connectivity index (χ2n) is 6.50. The fourth-order valence-electron chi connectivity index (χ4n) is 2.69. The maximum atomic E-state index is 12.2. The van der Waals surface area contributed by atoms with Crippen LogP contribution in [-0.4, -0.2) is 59.0 Å². The number of amides is 1. The van der Waals surface area contributed by atoms with E-state index in [1.54, 1.807) is 12.1 Å². The summed E-state index contributed by atoms with van der Waals surface area (Å²) in [6, 6.07) is 3.29. The van der Waals surface area contributed by atoms with Gasteiger partial charge in [0.25, 0.3) is 5.89 Å². The normalized spacial score (nSPS) is 16.1. The first-order chi connectivity index (χ1) is 12.0. The number of nitrogens with zero attached hydrogens (tertiary/aromatic N) is 3. The van der Waals surface area contributed by atoms with Crippen molar-refractivity contribution in [3.05, 3.63) is 28.9 Å². The molecule has 0 bridgehead atoms. The number of morpholine rings is 1. The van der Waals surface area contributed by atoms with Crippen LogP contribution in [0.1, 0.15) is 13.8 Å². The summed E-state index contributed by atoms with van der Waals surface area (Å²) in [5.74, 6) is -0.613. The van der Waals surface area contributed by atoms with E-state index in [2.05, 4.69) is 29.2 Å². The molecule has 9 heteroatoms. The summed E-state index contributed by atoms with van der Waals surface area (Å²) < 4.78 is 16.5. The van der Waals surface area contributed by atoms with Crippen LogP contribution in [0.2, 0.25) is 0 Å². The van der Waals surface area contributed by atoms with Gasteiger partial charge in [-0.1, -0.05) is 0 Å². The molecule has 0 radical (unpaired) electrons. The van der Waals surface area contributed by atoms with Crippen molar-refractivity contribution in [2.75, 3.05) is 32.8 Å². The molecular formula is C16H22N4O5. The lowest BCUT2D eigenvalue weighted by atomic mass is 10.0. The molecule has 1 fully saturated rings. The van der Waals surface area contributed by atoms with E-state index < -0.39 is 5.76 Å². The Hall–Kier alpha value is -2.39. The first-order valence-electron chi connectivity index (χ1n) is 8.17. The van der Waals surface area contributed by atoms with E-state index in [1.165, 1.54) is 6.26 Å². The number of carbonyl (C=O) groups excluding carboxylic acids is 1. The molecule has 136 valence electrons. The monoisotopic (exact) mass is 350 g/mol. The largest absolute Gasteiger partial charge is 0.459 e. The van der Waals surface area contributed by atoms with Crippen LogP contribution in [0.25, 0.3) is 11.7 Å². The van der Waals surface area contributed by atoms with E-state index in [4.69, 9.17) is 13.6 Å². The second kappa shape index (κ2) is 7.24. The van der Waals surface area contributed by atoms with Gasteiger partial charge in [-0.3, -0.25) is 9.69 Å².